The van der Waals surface area contributed by atoms with Gasteiger partial charge in [0.1, 0.15) is 7.05 Å². The Balaban J connectivity index is 0.00000169. The van der Waals surface area contributed by atoms with E-state index < -0.39 is 0 Å². The maximum absolute atomic E-state index is 3.41. The first-order chi connectivity index (χ1) is 11.3. The normalized spacial score (nSPS) is 10.0. The van der Waals surface area contributed by atoms with Crippen LogP contribution in [0.25, 0.3) is 21.8 Å². The van der Waals surface area contributed by atoms with Crippen LogP contribution in [-0.4, -0.2) is 0 Å². The standard InChI is InChI=1S/C22H16N.HI/c1-23-21-13-7-5-11-19(21)18(20-12-6-8-14-22(20)23)16-15-17-9-3-2-4-10-17;/h2-14H,1H3;1H/q+1;/p-1. The second kappa shape index (κ2) is 7.02. The summed E-state index contributed by atoms with van der Waals surface area (Å²) >= 11 is 0. The molecule has 3 aromatic carbocycles. The number of fused-ring (bicyclic) bond motifs is 2. The molecule has 1 heterocycles. The molecule has 0 bridgehead atoms. The van der Waals surface area contributed by atoms with Crippen LogP contribution in [0.4, 0.5) is 0 Å². The van der Waals surface area contributed by atoms with E-state index in [0.717, 1.165) is 11.1 Å². The molecule has 0 aliphatic rings. The van der Waals surface area contributed by atoms with Crippen molar-refractivity contribution in [1.82, 2.24) is 0 Å². The van der Waals surface area contributed by atoms with Gasteiger partial charge in [-0.15, -0.1) is 0 Å². The fourth-order valence-electron chi connectivity index (χ4n) is 3.02. The van der Waals surface area contributed by atoms with Crippen LogP contribution in [0, 0.1) is 11.8 Å². The summed E-state index contributed by atoms with van der Waals surface area (Å²) < 4.78 is 2.23. The summed E-state index contributed by atoms with van der Waals surface area (Å²) in [7, 11) is 2.11. The third kappa shape index (κ3) is 2.88. The number of nitrogens with zero attached hydrogens (tertiary/aromatic N) is 1. The quantitative estimate of drug-likeness (QED) is 0.174. The zero-order valence-electron chi connectivity index (χ0n) is 13.3. The second-order valence-electron chi connectivity index (χ2n) is 5.58. The molecule has 0 aliphatic carbocycles. The van der Waals surface area contributed by atoms with E-state index in [1.807, 2.05) is 30.3 Å². The summed E-state index contributed by atoms with van der Waals surface area (Å²) in [4.78, 5) is 0. The van der Waals surface area contributed by atoms with Crippen molar-refractivity contribution in [3.8, 4) is 11.8 Å². The van der Waals surface area contributed by atoms with Gasteiger partial charge in [0, 0.05) is 17.7 Å². The highest BCUT2D eigenvalue weighted by Crippen LogP contribution is 2.23. The molecular formula is C22H16IN. The molecule has 0 aliphatic heterocycles. The van der Waals surface area contributed by atoms with Crippen LogP contribution in [0.3, 0.4) is 0 Å². The molecule has 1 nitrogen and oxygen atoms in total. The van der Waals surface area contributed by atoms with E-state index in [0.29, 0.717) is 0 Å². The predicted octanol–water partition coefficient (Wildman–Crippen LogP) is 1.22. The molecule has 0 unspecified atom stereocenters. The van der Waals surface area contributed by atoms with Gasteiger partial charge in [-0.2, -0.15) is 4.57 Å². The van der Waals surface area contributed by atoms with Gasteiger partial charge in [0.2, 0.25) is 11.0 Å². The first-order valence-electron chi connectivity index (χ1n) is 7.71. The van der Waals surface area contributed by atoms with Crippen LogP contribution >= 0.6 is 0 Å². The molecule has 0 atom stereocenters. The molecule has 4 aromatic rings. The first-order valence-corrected chi connectivity index (χ1v) is 7.71. The van der Waals surface area contributed by atoms with E-state index in [1.54, 1.807) is 0 Å². The van der Waals surface area contributed by atoms with Gasteiger partial charge in [-0.3, -0.25) is 0 Å². The summed E-state index contributed by atoms with van der Waals surface area (Å²) in [6, 6.07) is 27.0. The van der Waals surface area contributed by atoms with Crippen LogP contribution in [0.5, 0.6) is 0 Å². The molecule has 0 amide bonds. The molecule has 0 fully saturated rings. The van der Waals surface area contributed by atoms with Gasteiger partial charge in [-0.05, 0) is 24.3 Å². The fraction of sp³-hybridized carbons (Fsp3) is 0.0455. The lowest BCUT2D eigenvalue weighted by atomic mass is 10.0. The average Bonchev–Trinajstić information content (AvgIpc) is 2.63. The predicted molar refractivity (Wildman–Crippen MR) is 95.1 cm³/mol. The Bertz CT molecular complexity index is 1020. The average molecular weight is 421 g/mol. The number of para-hydroxylation sites is 2. The lowest BCUT2D eigenvalue weighted by Gasteiger charge is -2.05. The van der Waals surface area contributed by atoms with Gasteiger partial charge < -0.3 is 24.0 Å². The van der Waals surface area contributed by atoms with E-state index in [4.69, 9.17) is 0 Å². The monoisotopic (exact) mass is 421 g/mol. The Hall–Kier alpha value is -2.38. The molecule has 4 rings (SSSR count). The lowest BCUT2D eigenvalue weighted by molar-refractivity contribution is -0.617. The lowest BCUT2D eigenvalue weighted by Crippen LogP contribution is -3.00. The minimum absolute atomic E-state index is 0. The summed E-state index contributed by atoms with van der Waals surface area (Å²) in [6.07, 6.45) is 0. The Morgan fingerprint density at radius 2 is 1.12 bits per heavy atom. The minimum Gasteiger partial charge on any atom is -1.00 e. The second-order valence-corrected chi connectivity index (χ2v) is 5.58. The maximum atomic E-state index is 3.41. The van der Waals surface area contributed by atoms with Crippen molar-refractivity contribution in [2.24, 2.45) is 7.05 Å². The Labute approximate surface area is 159 Å². The molecule has 0 N–H and O–H groups in total. The molecule has 0 spiro atoms. The Morgan fingerprint density at radius 1 is 0.625 bits per heavy atom. The van der Waals surface area contributed by atoms with Gasteiger partial charge in [0.05, 0.1) is 16.3 Å². The molecule has 2 heteroatoms. The van der Waals surface area contributed by atoms with Crippen LogP contribution < -0.4 is 28.5 Å². The number of rotatable bonds is 0. The maximum Gasteiger partial charge on any atom is 0.214 e. The molecule has 0 saturated carbocycles. The van der Waals surface area contributed by atoms with Gasteiger partial charge >= 0.3 is 0 Å². The number of aromatic nitrogens is 1. The molecule has 0 radical (unpaired) electrons. The SMILES string of the molecule is C[n+]1c2ccccc2c(C#Cc2ccccc2)c2ccccc21.[I-]. The topological polar surface area (TPSA) is 3.88 Å². The third-order valence-electron chi connectivity index (χ3n) is 4.18. The van der Waals surface area contributed by atoms with Crippen molar-refractivity contribution in [3.05, 3.63) is 90.0 Å². The van der Waals surface area contributed by atoms with Gasteiger partial charge in [-0.25, -0.2) is 0 Å². The summed E-state index contributed by atoms with van der Waals surface area (Å²) in [5.41, 5.74) is 4.53. The zero-order valence-corrected chi connectivity index (χ0v) is 15.5. The minimum atomic E-state index is 0. The smallest absolute Gasteiger partial charge is 0.214 e. The van der Waals surface area contributed by atoms with Crippen molar-refractivity contribution in [2.45, 2.75) is 0 Å². The number of benzene rings is 3. The fourth-order valence-corrected chi connectivity index (χ4v) is 3.02. The van der Waals surface area contributed by atoms with Crippen molar-refractivity contribution in [3.63, 3.8) is 0 Å². The van der Waals surface area contributed by atoms with Crippen molar-refractivity contribution in [2.75, 3.05) is 0 Å². The molecule has 116 valence electrons. The van der Waals surface area contributed by atoms with Gasteiger partial charge in [0.25, 0.3) is 0 Å². The van der Waals surface area contributed by atoms with Crippen LogP contribution in [0.1, 0.15) is 11.1 Å². The van der Waals surface area contributed by atoms with E-state index in [9.17, 15) is 0 Å². The van der Waals surface area contributed by atoms with Crippen LogP contribution in [-0.2, 0) is 7.05 Å². The van der Waals surface area contributed by atoms with Crippen LogP contribution in [0.15, 0.2) is 78.9 Å². The van der Waals surface area contributed by atoms with E-state index in [1.165, 1.54) is 21.8 Å². The zero-order chi connectivity index (χ0) is 15.6. The van der Waals surface area contributed by atoms with E-state index in [2.05, 4.69) is 72.0 Å². The summed E-state index contributed by atoms with van der Waals surface area (Å²) in [6.45, 7) is 0. The Kier molecular flexibility index (Phi) is 4.82. The summed E-state index contributed by atoms with van der Waals surface area (Å²) in [5.74, 6) is 6.72. The van der Waals surface area contributed by atoms with Crippen molar-refractivity contribution < 1.29 is 28.5 Å². The highest BCUT2D eigenvalue weighted by Gasteiger charge is 2.15. The molecular weight excluding hydrogens is 405 g/mol. The van der Waals surface area contributed by atoms with Gasteiger partial charge in [0.15, 0.2) is 0 Å². The van der Waals surface area contributed by atoms with Gasteiger partial charge in [-0.1, -0.05) is 54.3 Å². The van der Waals surface area contributed by atoms with Crippen molar-refractivity contribution >= 4 is 21.8 Å². The molecule has 0 saturated heterocycles. The largest absolute Gasteiger partial charge is 1.00 e. The number of hydrogen-bond donors (Lipinski definition) is 0. The third-order valence-corrected chi connectivity index (χ3v) is 4.18. The number of pyridine rings is 1. The highest BCUT2D eigenvalue weighted by atomic mass is 127. The van der Waals surface area contributed by atoms with E-state index in [-0.39, 0.29) is 24.0 Å². The Morgan fingerprint density at radius 3 is 1.71 bits per heavy atom. The summed E-state index contributed by atoms with van der Waals surface area (Å²) in [5, 5.41) is 2.38. The number of aryl methyl sites for hydroxylation is 1. The highest BCUT2D eigenvalue weighted by molar-refractivity contribution is 5.97. The van der Waals surface area contributed by atoms with Crippen LogP contribution in [0.2, 0.25) is 0 Å². The first kappa shape index (κ1) is 16.5. The van der Waals surface area contributed by atoms with Crippen molar-refractivity contribution in [1.29, 1.82) is 0 Å². The molecule has 1 aromatic heterocycles. The number of hydrogen-bond acceptors (Lipinski definition) is 0. The molecule has 24 heavy (non-hydrogen) atoms. The number of halogens is 1. The van der Waals surface area contributed by atoms with E-state index >= 15 is 0 Å².